The molecule has 8 nitrogen and oxygen atoms in total. The second kappa shape index (κ2) is 48.6. The van der Waals surface area contributed by atoms with Crippen LogP contribution in [0.5, 0.6) is 0 Å². The van der Waals surface area contributed by atoms with Gasteiger partial charge in [0.2, 0.25) is 0 Å². The molecule has 0 aromatic rings. The predicted octanol–water partition coefficient (Wildman–Crippen LogP) is 17.3. The van der Waals surface area contributed by atoms with Gasteiger partial charge in [-0.25, -0.2) is 4.79 Å². The lowest BCUT2D eigenvalue weighted by atomic mass is 10.0. The van der Waals surface area contributed by atoms with Crippen molar-refractivity contribution in [2.45, 2.75) is 316 Å². The van der Waals surface area contributed by atoms with Crippen molar-refractivity contribution in [3.05, 3.63) is 0 Å². The van der Waals surface area contributed by atoms with E-state index in [0.29, 0.717) is 12.8 Å². The summed E-state index contributed by atoms with van der Waals surface area (Å²) < 4.78 is 18.4. The Morgan fingerprint density at radius 2 is 0.600 bits per heavy atom. The van der Waals surface area contributed by atoms with Crippen LogP contribution in [0.1, 0.15) is 298 Å². The number of amides is 1. The monoisotopic (exact) mass is 921 g/mol. The first-order valence-electron chi connectivity index (χ1n) is 28.7. The zero-order chi connectivity index (χ0) is 47.9. The SMILES string of the molecule is CCCCCCC(CCCCCC)OC(=O)CCCCCCCCC(CCCCCCCCC(=O)OC(CCCCCC)CCCCCC)OC(=O)N(CCCCCC)CCCN(C)C. The van der Waals surface area contributed by atoms with E-state index in [4.69, 9.17) is 14.2 Å². The van der Waals surface area contributed by atoms with Gasteiger partial charge in [-0.15, -0.1) is 0 Å². The summed E-state index contributed by atoms with van der Waals surface area (Å²) in [6.07, 6.45) is 44.9. The van der Waals surface area contributed by atoms with E-state index in [2.05, 4.69) is 53.6 Å². The molecule has 8 heteroatoms. The third-order valence-electron chi connectivity index (χ3n) is 13.3. The normalized spacial score (nSPS) is 11.7. The number of ether oxygens (including phenoxy) is 3. The Bertz CT molecular complexity index is 957. The second-order valence-corrected chi connectivity index (χ2v) is 20.2. The zero-order valence-electron chi connectivity index (χ0n) is 44.7. The molecule has 0 aliphatic carbocycles. The quantitative estimate of drug-likeness (QED) is 0.0341. The van der Waals surface area contributed by atoms with Crippen LogP contribution in [0.4, 0.5) is 4.79 Å². The van der Waals surface area contributed by atoms with Crippen molar-refractivity contribution in [1.82, 2.24) is 9.80 Å². The summed E-state index contributed by atoms with van der Waals surface area (Å²) >= 11 is 0. The van der Waals surface area contributed by atoms with E-state index in [1.807, 2.05) is 4.90 Å². The maximum absolute atomic E-state index is 13.7. The van der Waals surface area contributed by atoms with Crippen molar-refractivity contribution in [2.24, 2.45) is 0 Å². The van der Waals surface area contributed by atoms with Crippen molar-refractivity contribution in [3.8, 4) is 0 Å². The van der Waals surface area contributed by atoms with E-state index >= 15 is 0 Å². The predicted molar refractivity (Wildman–Crippen MR) is 278 cm³/mol. The summed E-state index contributed by atoms with van der Waals surface area (Å²) in [5, 5.41) is 0. The molecule has 0 spiro atoms. The standard InChI is InChI=1S/C57H112N2O6/c1-8-13-18-31-41-52(42-32-19-14-9-2)63-55(60)47-37-29-25-23-27-35-45-54(65-57(62)59(50-39-22-17-12-5)51-40-49-58(6)7)46-36-28-24-26-30-38-48-56(61)64-53(43-33-20-15-10-3)44-34-21-16-11-4/h52-54H,8-51H2,1-7H3. The van der Waals surface area contributed by atoms with Crippen LogP contribution in [-0.2, 0) is 23.8 Å². The van der Waals surface area contributed by atoms with Gasteiger partial charge in [-0.2, -0.15) is 0 Å². The number of unbranched alkanes of at least 4 members (excludes halogenated alkanes) is 25. The second-order valence-electron chi connectivity index (χ2n) is 20.2. The fourth-order valence-electron chi connectivity index (χ4n) is 8.99. The van der Waals surface area contributed by atoms with Crippen LogP contribution >= 0.6 is 0 Å². The van der Waals surface area contributed by atoms with Crippen molar-refractivity contribution in [3.63, 3.8) is 0 Å². The van der Waals surface area contributed by atoms with E-state index in [0.717, 1.165) is 180 Å². The molecule has 0 aromatic heterocycles. The van der Waals surface area contributed by atoms with E-state index in [1.165, 1.54) is 89.9 Å². The van der Waals surface area contributed by atoms with Gasteiger partial charge in [0.15, 0.2) is 0 Å². The van der Waals surface area contributed by atoms with Gasteiger partial charge in [-0.1, -0.05) is 182 Å². The van der Waals surface area contributed by atoms with Crippen LogP contribution in [-0.4, -0.2) is 79.9 Å². The molecule has 0 unspecified atom stereocenters. The van der Waals surface area contributed by atoms with Gasteiger partial charge in [-0.3, -0.25) is 9.59 Å². The minimum absolute atomic E-state index is 0.00300. The van der Waals surface area contributed by atoms with Gasteiger partial charge in [0.25, 0.3) is 0 Å². The number of nitrogens with zero attached hydrogens (tertiary/aromatic N) is 2. The molecule has 0 N–H and O–H groups in total. The minimum Gasteiger partial charge on any atom is -0.462 e. The molecular formula is C57H112N2O6. The lowest BCUT2D eigenvalue weighted by Gasteiger charge is -2.26. The number of carbonyl (C=O) groups excluding carboxylic acids is 3. The Hall–Kier alpha value is -1.83. The highest BCUT2D eigenvalue weighted by Gasteiger charge is 2.21. The summed E-state index contributed by atoms with van der Waals surface area (Å²) in [4.78, 5) is 43.4. The molecule has 0 atom stereocenters. The van der Waals surface area contributed by atoms with Crippen LogP contribution in [0.25, 0.3) is 0 Å². The third kappa shape index (κ3) is 43.2. The summed E-state index contributed by atoms with van der Waals surface area (Å²) in [6, 6.07) is 0. The first kappa shape index (κ1) is 63.2. The summed E-state index contributed by atoms with van der Waals surface area (Å²) in [5.74, 6) is -0.00600. The van der Waals surface area contributed by atoms with Gasteiger partial charge in [0, 0.05) is 25.9 Å². The Kier molecular flexibility index (Phi) is 47.3. The maximum atomic E-state index is 13.7. The first-order chi connectivity index (χ1) is 31.7. The Labute approximate surface area is 405 Å². The molecule has 0 aromatic carbocycles. The molecular weight excluding hydrogens is 809 g/mol. The Balaban J connectivity index is 4.94. The smallest absolute Gasteiger partial charge is 0.410 e. The molecule has 386 valence electrons. The van der Waals surface area contributed by atoms with Crippen LogP contribution in [0.15, 0.2) is 0 Å². The Morgan fingerprint density at radius 1 is 0.323 bits per heavy atom. The number of esters is 2. The number of carbonyl (C=O) groups is 3. The van der Waals surface area contributed by atoms with Crippen LogP contribution < -0.4 is 0 Å². The molecule has 0 aliphatic heterocycles. The van der Waals surface area contributed by atoms with Crippen molar-refractivity contribution < 1.29 is 28.6 Å². The average Bonchev–Trinajstić information content (AvgIpc) is 3.28. The summed E-state index contributed by atoms with van der Waals surface area (Å²) in [5.41, 5.74) is 0. The first-order valence-corrected chi connectivity index (χ1v) is 28.7. The number of hydrogen-bond acceptors (Lipinski definition) is 7. The highest BCUT2D eigenvalue weighted by molar-refractivity contribution is 5.70. The van der Waals surface area contributed by atoms with Gasteiger partial charge in [0.1, 0.15) is 18.3 Å². The lowest BCUT2D eigenvalue weighted by Crippen LogP contribution is -2.37. The van der Waals surface area contributed by atoms with Crippen molar-refractivity contribution >= 4 is 18.0 Å². The highest BCUT2D eigenvalue weighted by atomic mass is 16.6. The molecule has 0 aliphatic rings. The molecule has 0 saturated carbocycles. The van der Waals surface area contributed by atoms with Gasteiger partial charge in [-0.05, 0) is 123 Å². The topological polar surface area (TPSA) is 85.4 Å². The minimum atomic E-state index is -0.127. The van der Waals surface area contributed by atoms with E-state index in [9.17, 15) is 14.4 Å². The molecule has 0 saturated heterocycles. The molecule has 65 heavy (non-hydrogen) atoms. The molecule has 0 heterocycles. The number of rotatable bonds is 50. The fourth-order valence-corrected chi connectivity index (χ4v) is 8.99. The molecule has 0 radical (unpaired) electrons. The highest BCUT2D eigenvalue weighted by Crippen LogP contribution is 2.21. The molecule has 0 rings (SSSR count). The Morgan fingerprint density at radius 3 is 0.938 bits per heavy atom. The van der Waals surface area contributed by atoms with Crippen molar-refractivity contribution in [2.75, 3.05) is 33.7 Å². The van der Waals surface area contributed by atoms with Crippen LogP contribution in [0, 0.1) is 0 Å². The van der Waals surface area contributed by atoms with E-state index in [-0.39, 0.29) is 36.3 Å². The van der Waals surface area contributed by atoms with Gasteiger partial charge in [0.05, 0.1) is 0 Å². The van der Waals surface area contributed by atoms with Gasteiger partial charge >= 0.3 is 18.0 Å². The molecule has 0 bridgehead atoms. The van der Waals surface area contributed by atoms with E-state index < -0.39 is 0 Å². The van der Waals surface area contributed by atoms with Crippen LogP contribution in [0.2, 0.25) is 0 Å². The third-order valence-corrected chi connectivity index (χ3v) is 13.3. The number of hydrogen-bond donors (Lipinski definition) is 0. The zero-order valence-corrected chi connectivity index (χ0v) is 44.7. The maximum Gasteiger partial charge on any atom is 0.410 e. The van der Waals surface area contributed by atoms with Crippen LogP contribution in [0.3, 0.4) is 0 Å². The average molecular weight is 922 g/mol. The lowest BCUT2D eigenvalue weighted by molar-refractivity contribution is -0.151. The fraction of sp³-hybridized carbons (Fsp3) is 0.947. The summed E-state index contributed by atoms with van der Waals surface area (Å²) in [7, 11) is 4.18. The largest absolute Gasteiger partial charge is 0.462 e. The molecule has 0 fully saturated rings. The van der Waals surface area contributed by atoms with Gasteiger partial charge < -0.3 is 24.0 Å². The van der Waals surface area contributed by atoms with Crippen molar-refractivity contribution in [1.29, 1.82) is 0 Å². The summed E-state index contributed by atoms with van der Waals surface area (Å²) in [6.45, 7) is 13.7. The molecule has 1 amide bonds. The van der Waals surface area contributed by atoms with E-state index in [1.54, 1.807) is 0 Å².